The Balaban J connectivity index is 1.48. The van der Waals surface area contributed by atoms with Crippen LogP contribution in [0.1, 0.15) is 37.3 Å². The van der Waals surface area contributed by atoms with Crippen LogP contribution in [-0.4, -0.2) is 40.4 Å². The molecule has 0 saturated carbocycles. The van der Waals surface area contributed by atoms with Gasteiger partial charge in [-0.05, 0) is 37.0 Å². The van der Waals surface area contributed by atoms with Crippen LogP contribution < -0.4 is 16.5 Å². The molecule has 31 heavy (non-hydrogen) atoms. The van der Waals surface area contributed by atoms with E-state index in [1.807, 2.05) is 42.5 Å². The molecule has 0 bridgehead atoms. The van der Waals surface area contributed by atoms with Crippen LogP contribution in [0.2, 0.25) is 0 Å². The van der Waals surface area contributed by atoms with Crippen molar-refractivity contribution in [3.05, 3.63) is 66.1 Å². The molecule has 8 nitrogen and oxygen atoms in total. The van der Waals surface area contributed by atoms with Gasteiger partial charge in [0.1, 0.15) is 11.6 Å². The van der Waals surface area contributed by atoms with E-state index in [2.05, 4.69) is 27.8 Å². The van der Waals surface area contributed by atoms with Crippen molar-refractivity contribution in [1.29, 1.82) is 0 Å². The molecule has 3 atom stereocenters. The number of oxazole rings is 1. The Morgan fingerprint density at radius 2 is 1.97 bits per heavy atom. The number of hydrogen-bond donors (Lipinski definition) is 3. The number of nitrogens with zero attached hydrogens (tertiary/aromatic N) is 2. The lowest BCUT2D eigenvalue weighted by Gasteiger charge is -2.22. The van der Waals surface area contributed by atoms with E-state index < -0.39 is 6.04 Å². The predicted octanol–water partition coefficient (Wildman–Crippen LogP) is 2.07. The molecule has 0 aliphatic carbocycles. The maximum atomic E-state index is 13.0. The minimum atomic E-state index is -0.431. The molecule has 1 aromatic heterocycles. The third kappa shape index (κ3) is 4.92. The van der Waals surface area contributed by atoms with Gasteiger partial charge < -0.3 is 15.1 Å². The van der Waals surface area contributed by atoms with Crippen LogP contribution in [0.5, 0.6) is 0 Å². The summed E-state index contributed by atoms with van der Waals surface area (Å²) < 4.78 is 5.95. The number of benzene rings is 2. The van der Waals surface area contributed by atoms with Gasteiger partial charge in [0.15, 0.2) is 5.58 Å². The molecule has 1 aliphatic heterocycles. The van der Waals surface area contributed by atoms with E-state index in [0.717, 1.165) is 11.9 Å². The average molecular weight is 422 g/mol. The molecule has 0 unspecified atom stereocenters. The smallest absolute Gasteiger partial charge is 0.237 e. The predicted molar refractivity (Wildman–Crippen MR) is 117 cm³/mol. The minimum Gasteiger partial charge on any atom is -0.438 e. The number of aryl methyl sites for hydroxylation is 1. The zero-order valence-corrected chi connectivity index (χ0v) is 17.5. The van der Waals surface area contributed by atoms with E-state index in [0.29, 0.717) is 30.9 Å². The van der Waals surface area contributed by atoms with Crippen LogP contribution >= 0.6 is 0 Å². The lowest BCUT2D eigenvalue weighted by Crippen LogP contribution is -2.45. The number of rotatable bonds is 7. The Bertz CT molecular complexity index is 1020. The van der Waals surface area contributed by atoms with Gasteiger partial charge in [-0.3, -0.25) is 14.6 Å². The van der Waals surface area contributed by atoms with Crippen molar-refractivity contribution in [3.63, 3.8) is 0 Å². The zero-order chi connectivity index (χ0) is 21.8. The summed E-state index contributed by atoms with van der Waals surface area (Å²) in [5.74, 6) is 5.93. The van der Waals surface area contributed by atoms with Crippen molar-refractivity contribution >= 4 is 22.9 Å². The van der Waals surface area contributed by atoms with Crippen LogP contribution in [-0.2, 0) is 16.0 Å². The Morgan fingerprint density at radius 1 is 1.23 bits per heavy atom. The lowest BCUT2D eigenvalue weighted by molar-refractivity contribution is -0.131. The standard InChI is InChI=1S/C23H27N5O3/c1-15(29)28(24)17-13-20(25-14-17)22(30)26-19(12-11-16-7-3-2-4-8-16)23-27-18-9-5-6-10-21(18)31-23/h2-10,17,19-20,25H,11-14,24H2,1H3,(H,26,30)/t17-,19-,20+/m1/s1. The third-order valence-electron chi connectivity index (χ3n) is 5.67. The fourth-order valence-electron chi connectivity index (χ4n) is 3.91. The average Bonchev–Trinajstić information content (AvgIpc) is 3.44. The van der Waals surface area contributed by atoms with E-state index in [1.165, 1.54) is 17.5 Å². The Hall–Kier alpha value is -3.23. The summed E-state index contributed by atoms with van der Waals surface area (Å²) in [6, 6.07) is 16.6. The first kappa shape index (κ1) is 21.0. The van der Waals surface area contributed by atoms with E-state index >= 15 is 0 Å². The number of aromatic nitrogens is 1. The van der Waals surface area contributed by atoms with Gasteiger partial charge in [-0.2, -0.15) is 0 Å². The first-order chi connectivity index (χ1) is 15.0. The van der Waals surface area contributed by atoms with Crippen molar-refractivity contribution in [2.75, 3.05) is 6.54 Å². The van der Waals surface area contributed by atoms with Crippen LogP contribution in [0, 0.1) is 0 Å². The molecule has 1 fully saturated rings. The number of carbonyl (C=O) groups excluding carboxylic acids is 2. The van der Waals surface area contributed by atoms with Crippen molar-refractivity contribution in [2.45, 2.75) is 44.3 Å². The summed E-state index contributed by atoms with van der Waals surface area (Å²) in [5, 5.41) is 7.44. The summed E-state index contributed by atoms with van der Waals surface area (Å²) in [7, 11) is 0. The largest absolute Gasteiger partial charge is 0.438 e. The molecule has 8 heteroatoms. The number of carbonyl (C=O) groups is 2. The Labute approximate surface area is 180 Å². The number of para-hydroxylation sites is 2. The van der Waals surface area contributed by atoms with Crippen LogP contribution in [0.25, 0.3) is 11.1 Å². The number of nitrogens with one attached hydrogen (secondary N) is 2. The quantitative estimate of drug-likeness (QED) is 0.306. The molecular formula is C23H27N5O3. The first-order valence-corrected chi connectivity index (χ1v) is 10.5. The van der Waals surface area contributed by atoms with Crippen LogP contribution in [0.3, 0.4) is 0 Å². The highest BCUT2D eigenvalue weighted by molar-refractivity contribution is 5.83. The monoisotopic (exact) mass is 421 g/mol. The van der Waals surface area contributed by atoms with Gasteiger partial charge in [0, 0.05) is 13.5 Å². The van der Waals surface area contributed by atoms with Crippen molar-refractivity contribution in [2.24, 2.45) is 5.84 Å². The molecule has 0 radical (unpaired) electrons. The lowest BCUT2D eigenvalue weighted by atomic mass is 10.0. The Kier molecular flexibility index (Phi) is 6.29. The van der Waals surface area contributed by atoms with Gasteiger partial charge in [0.2, 0.25) is 17.7 Å². The van der Waals surface area contributed by atoms with Crippen molar-refractivity contribution in [1.82, 2.24) is 20.6 Å². The molecule has 2 aromatic carbocycles. The highest BCUT2D eigenvalue weighted by Crippen LogP contribution is 2.24. The maximum Gasteiger partial charge on any atom is 0.237 e. The van der Waals surface area contributed by atoms with Gasteiger partial charge >= 0.3 is 0 Å². The van der Waals surface area contributed by atoms with Crippen LogP contribution in [0.15, 0.2) is 59.0 Å². The van der Waals surface area contributed by atoms with E-state index in [9.17, 15) is 9.59 Å². The minimum absolute atomic E-state index is 0.153. The molecule has 2 amide bonds. The summed E-state index contributed by atoms with van der Waals surface area (Å²) in [4.78, 5) is 29.1. The second-order valence-corrected chi connectivity index (χ2v) is 7.88. The molecule has 4 rings (SSSR count). The summed E-state index contributed by atoms with van der Waals surface area (Å²) in [6.07, 6.45) is 1.88. The highest BCUT2D eigenvalue weighted by atomic mass is 16.3. The van der Waals surface area contributed by atoms with Crippen molar-refractivity contribution < 1.29 is 14.0 Å². The fraction of sp³-hybridized carbons (Fsp3) is 0.348. The molecule has 1 aliphatic rings. The molecule has 3 aromatic rings. The van der Waals surface area contributed by atoms with E-state index in [4.69, 9.17) is 10.3 Å². The number of amides is 2. The Morgan fingerprint density at radius 3 is 2.71 bits per heavy atom. The third-order valence-corrected chi connectivity index (χ3v) is 5.67. The summed E-state index contributed by atoms with van der Waals surface area (Å²) in [5.41, 5.74) is 2.63. The molecule has 162 valence electrons. The van der Waals surface area contributed by atoms with Gasteiger partial charge in [-0.1, -0.05) is 42.5 Å². The van der Waals surface area contributed by atoms with Gasteiger partial charge in [0.05, 0.1) is 12.1 Å². The van der Waals surface area contributed by atoms with E-state index in [1.54, 1.807) is 0 Å². The highest BCUT2D eigenvalue weighted by Gasteiger charge is 2.34. The zero-order valence-electron chi connectivity index (χ0n) is 17.5. The number of hydrazine groups is 1. The van der Waals surface area contributed by atoms with Gasteiger partial charge in [-0.15, -0.1) is 0 Å². The molecular weight excluding hydrogens is 394 g/mol. The molecule has 1 saturated heterocycles. The number of hydrogen-bond acceptors (Lipinski definition) is 6. The molecule has 2 heterocycles. The number of nitrogens with two attached hydrogens (primary N) is 1. The molecule has 4 N–H and O–H groups in total. The topological polar surface area (TPSA) is 113 Å². The number of fused-ring (bicyclic) bond motifs is 1. The van der Waals surface area contributed by atoms with Gasteiger partial charge in [0.25, 0.3) is 0 Å². The summed E-state index contributed by atoms with van der Waals surface area (Å²) in [6.45, 7) is 1.89. The van der Waals surface area contributed by atoms with Gasteiger partial charge in [-0.25, -0.2) is 10.8 Å². The second kappa shape index (κ2) is 9.28. The molecule has 0 spiro atoms. The first-order valence-electron chi connectivity index (χ1n) is 10.5. The fourth-order valence-corrected chi connectivity index (χ4v) is 3.91. The SMILES string of the molecule is CC(=O)N(N)[C@H]1CN[C@H](C(=O)N[C@H](CCc2ccccc2)c2nc3ccccc3o2)C1. The van der Waals surface area contributed by atoms with E-state index in [-0.39, 0.29) is 23.9 Å². The normalized spacial score (nSPS) is 19.3. The maximum absolute atomic E-state index is 13.0. The van der Waals surface area contributed by atoms with Crippen molar-refractivity contribution in [3.8, 4) is 0 Å². The van der Waals surface area contributed by atoms with Crippen LogP contribution in [0.4, 0.5) is 0 Å². The second-order valence-electron chi connectivity index (χ2n) is 7.88. The summed E-state index contributed by atoms with van der Waals surface area (Å²) >= 11 is 0.